The highest BCUT2D eigenvalue weighted by Gasteiger charge is 2.21. The van der Waals surface area contributed by atoms with Gasteiger partial charge in [0.2, 0.25) is 0 Å². The summed E-state index contributed by atoms with van der Waals surface area (Å²) in [5, 5.41) is 14.1. The Balaban J connectivity index is 1.95. The van der Waals surface area contributed by atoms with Crippen molar-refractivity contribution in [1.82, 2.24) is 10.2 Å². The summed E-state index contributed by atoms with van der Waals surface area (Å²) in [6.45, 7) is 1.50. The minimum atomic E-state index is -1.29. The maximum Gasteiger partial charge on any atom is 0.337 e. The number of benzene rings is 1. The maximum absolute atomic E-state index is 13.0. The van der Waals surface area contributed by atoms with Gasteiger partial charge in [-0.05, 0) is 44.6 Å². The number of hydrogen-bond acceptors (Lipinski definition) is 3. The summed E-state index contributed by atoms with van der Waals surface area (Å²) in [7, 11) is 2.00. The Morgan fingerprint density at radius 2 is 2.24 bits per heavy atom. The molecule has 0 saturated carbocycles. The Kier molecular flexibility index (Phi) is 4.74. The number of aromatic carboxylic acids is 1. The van der Waals surface area contributed by atoms with Crippen LogP contribution in [-0.4, -0.2) is 48.2 Å². The standard InChI is InChI=1S/C14H18FN3O3/c1-18-6-2-3-10(18)8-16-14(21)17-12-5-4-9(15)7-11(12)13(19)20/h4-5,7,10H,2-3,6,8H2,1H3,(H,19,20)(H2,16,17,21). The second-order valence-corrected chi connectivity index (χ2v) is 5.11. The molecule has 6 nitrogen and oxygen atoms in total. The minimum absolute atomic E-state index is 0.0705. The van der Waals surface area contributed by atoms with Gasteiger partial charge in [-0.1, -0.05) is 0 Å². The van der Waals surface area contributed by atoms with E-state index in [1.807, 2.05) is 7.05 Å². The highest BCUT2D eigenvalue weighted by Crippen LogP contribution is 2.17. The van der Waals surface area contributed by atoms with Crippen LogP contribution in [0.3, 0.4) is 0 Å². The van der Waals surface area contributed by atoms with Crippen LogP contribution in [0.4, 0.5) is 14.9 Å². The summed E-state index contributed by atoms with van der Waals surface area (Å²) < 4.78 is 13.0. The van der Waals surface area contributed by atoms with Gasteiger partial charge in [0.05, 0.1) is 11.3 Å². The quantitative estimate of drug-likeness (QED) is 0.790. The van der Waals surface area contributed by atoms with Crippen LogP contribution in [0, 0.1) is 5.82 Å². The molecule has 1 aromatic rings. The molecule has 1 atom stereocenters. The highest BCUT2D eigenvalue weighted by atomic mass is 19.1. The molecule has 2 amide bonds. The van der Waals surface area contributed by atoms with Gasteiger partial charge in [0.15, 0.2) is 0 Å². The number of carboxylic acids is 1. The Labute approximate surface area is 121 Å². The van der Waals surface area contributed by atoms with E-state index in [0.717, 1.165) is 31.5 Å². The first-order valence-electron chi connectivity index (χ1n) is 6.75. The second kappa shape index (κ2) is 6.53. The summed E-state index contributed by atoms with van der Waals surface area (Å²) in [5.74, 6) is -1.95. The van der Waals surface area contributed by atoms with Crippen LogP contribution in [0.5, 0.6) is 0 Å². The van der Waals surface area contributed by atoms with E-state index < -0.39 is 17.8 Å². The van der Waals surface area contributed by atoms with Gasteiger partial charge >= 0.3 is 12.0 Å². The predicted octanol–water partition coefficient (Wildman–Crippen LogP) is 1.74. The van der Waals surface area contributed by atoms with E-state index in [-0.39, 0.29) is 11.3 Å². The van der Waals surface area contributed by atoms with Crippen molar-refractivity contribution in [3.8, 4) is 0 Å². The average molecular weight is 295 g/mol. The van der Waals surface area contributed by atoms with E-state index in [9.17, 15) is 14.0 Å². The molecule has 1 aliphatic heterocycles. The fourth-order valence-electron chi connectivity index (χ4n) is 2.42. The minimum Gasteiger partial charge on any atom is -0.478 e. The summed E-state index contributed by atoms with van der Waals surface area (Å²) in [6.07, 6.45) is 2.12. The largest absolute Gasteiger partial charge is 0.478 e. The van der Waals surface area contributed by atoms with Crippen LogP contribution >= 0.6 is 0 Å². The molecule has 1 heterocycles. The molecule has 2 rings (SSSR count). The number of anilines is 1. The van der Waals surface area contributed by atoms with Crippen LogP contribution in [0.25, 0.3) is 0 Å². The average Bonchev–Trinajstić information content (AvgIpc) is 2.84. The normalized spacial score (nSPS) is 18.5. The molecule has 1 aliphatic rings. The summed E-state index contributed by atoms with van der Waals surface area (Å²) >= 11 is 0. The topological polar surface area (TPSA) is 81.7 Å². The molecule has 21 heavy (non-hydrogen) atoms. The van der Waals surface area contributed by atoms with Crippen molar-refractivity contribution in [3.05, 3.63) is 29.6 Å². The van der Waals surface area contributed by atoms with Crippen LogP contribution in [0.2, 0.25) is 0 Å². The molecule has 0 radical (unpaired) electrons. The molecule has 3 N–H and O–H groups in total. The van der Waals surface area contributed by atoms with Gasteiger partial charge in [0.25, 0.3) is 0 Å². The second-order valence-electron chi connectivity index (χ2n) is 5.11. The third-order valence-corrected chi connectivity index (χ3v) is 3.63. The number of amides is 2. The number of nitrogens with one attached hydrogen (secondary N) is 2. The molecule has 114 valence electrons. The number of likely N-dealkylation sites (N-methyl/N-ethyl adjacent to an activating group) is 1. The Morgan fingerprint density at radius 3 is 2.86 bits per heavy atom. The molecule has 0 aliphatic carbocycles. The maximum atomic E-state index is 13.0. The predicted molar refractivity (Wildman–Crippen MR) is 76.0 cm³/mol. The number of carboxylic acid groups (broad SMARTS) is 1. The SMILES string of the molecule is CN1CCCC1CNC(=O)Nc1ccc(F)cc1C(=O)O. The molecular formula is C14H18FN3O3. The van der Waals surface area contributed by atoms with Crippen LogP contribution < -0.4 is 10.6 Å². The van der Waals surface area contributed by atoms with Crippen molar-refractivity contribution >= 4 is 17.7 Å². The summed E-state index contributed by atoms with van der Waals surface area (Å²) in [5.41, 5.74) is -0.204. The van der Waals surface area contributed by atoms with Crippen molar-refractivity contribution in [2.24, 2.45) is 0 Å². The summed E-state index contributed by atoms with van der Waals surface area (Å²) in [4.78, 5) is 25.0. The Morgan fingerprint density at radius 1 is 1.48 bits per heavy atom. The van der Waals surface area contributed by atoms with E-state index >= 15 is 0 Å². The van der Waals surface area contributed by atoms with Crippen molar-refractivity contribution in [1.29, 1.82) is 0 Å². The number of halogens is 1. The molecule has 1 aromatic carbocycles. The lowest BCUT2D eigenvalue weighted by molar-refractivity contribution is 0.0697. The van der Waals surface area contributed by atoms with Crippen molar-refractivity contribution in [3.63, 3.8) is 0 Å². The summed E-state index contributed by atoms with van der Waals surface area (Å²) in [6, 6.07) is 3.02. The van der Waals surface area contributed by atoms with E-state index in [0.29, 0.717) is 12.6 Å². The first-order chi connectivity index (χ1) is 9.97. The molecule has 1 saturated heterocycles. The van der Waals surface area contributed by atoms with Crippen molar-refractivity contribution < 1.29 is 19.1 Å². The van der Waals surface area contributed by atoms with E-state index in [2.05, 4.69) is 15.5 Å². The number of nitrogens with zero attached hydrogens (tertiary/aromatic N) is 1. The van der Waals surface area contributed by atoms with Crippen molar-refractivity contribution in [2.75, 3.05) is 25.5 Å². The van der Waals surface area contributed by atoms with Gasteiger partial charge in [-0.2, -0.15) is 0 Å². The molecule has 0 spiro atoms. The molecule has 1 fully saturated rings. The Hall–Kier alpha value is -2.15. The van der Waals surface area contributed by atoms with Gasteiger partial charge in [0, 0.05) is 12.6 Å². The van der Waals surface area contributed by atoms with E-state index in [1.54, 1.807) is 0 Å². The van der Waals surface area contributed by atoms with Crippen LogP contribution in [-0.2, 0) is 0 Å². The van der Waals surface area contributed by atoms with E-state index in [1.165, 1.54) is 6.07 Å². The first-order valence-corrected chi connectivity index (χ1v) is 6.75. The lowest BCUT2D eigenvalue weighted by atomic mass is 10.1. The van der Waals surface area contributed by atoms with Gasteiger partial charge in [-0.25, -0.2) is 14.0 Å². The van der Waals surface area contributed by atoms with Gasteiger partial charge < -0.3 is 20.6 Å². The zero-order chi connectivity index (χ0) is 15.4. The number of carbonyl (C=O) groups is 2. The highest BCUT2D eigenvalue weighted by molar-refractivity contribution is 5.99. The lowest BCUT2D eigenvalue weighted by Gasteiger charge is -2.20. The number of rotatable bonds is 4. The van der Waals surface area contributed by atoms with E-state index in [4.69, 9.17) is 5.11 Å². The lowest BCUT2D eigenvalue weighted by Crippen LogP contribution is -2.40. The molecule has 0 bridgehead atoms. The van der Waals surface area contributed by atoms with Gasteiger partial charge in [-0.15, -0.1) is 0 Å². The first kappa shape index (κ1) is 15.2. The fourth-order valence-corrected chi connectivity index (χ4v) is 2.42. The van der Waals surface area contributed by atoms with Crippen LogP contribution in [0.1, 0.15) is 23.2 Å². The smallest absolute Gasteiger partial charge is 0.337 e. The van der Waals surface area contributed by atoms with Gasteiger partial charge in [0.1, 0.15) is 5.82 Å². The van der Waals surface area contributed by atoms with Crippen LogP contribution in [0.15, 0.2) is 18.2 Å². The molecular weight excluding hydrogens is 277 g/mol. The molecule has 7 heteroatoms. The third kappa shape index (κ3) is 3.91. The number of likely N-dealkylation sites (tertiary alicyclic amines) is 1. The third-order valence-electron chi connectivity index (χ3n) is 3.63. The fraction of sp³-hybridized carbons (Fsp3) is 0.429. The number of hydrogen-bond donors (Lipinski definition) is 3. The molecule has 0 aromatic heterocycles. The van der Waals surface area contributed by atoms with Crippen molar-refractivity contribution in [2.45, 2.75) is 18.9 Å². The number of urea groups is 1. The Bertz CT molecular complexity index is 550. The zero-order valence-corrected chi connectivity index (χ0v) is 11.7. The monoisotopic (exact) mass is 295 g/mol. The number of carbonyl (C=O) groups excluding carboxylic acids is 1. The molecule has 1 unspecified atom stereocenters. The van der Waals surface area contributed by atoms with Gasteiger partial charge in [-0.3, -0.25) is 0 Å². The zero-order valence-electron chi connectivity index (χ0n) is 11.7.